The molecule has 0 atom stereocenters. The highest BCUT2D eigenvalue weighted by atomic mass is 31.2. The van der Waals surface area contributed by atoms with E-state index in [1.807, 2.05) is 0 Å². The molecule has 0 unspecified atom stereocenters. The van der Waals surface area contributed by atoms with Gasteiger partial charge in [0.15, 0.2) is 8.45 Å². The summed E-state index contributed by atoms with van der Waals surface area (Å²) in [6.45, 7) is 2.34. The molecule has 1 fully saturated rings. The fourth-order valence-electron chi connectivity index (χ4n) is 1.24. The quantitative estimate of drug-likeness (QED) is 0.537. The van der Waals surface area contributed by atoms with E-state index in [-0.39, 0.29) is 0 Å². The van der Waals surface area contributed by atoms with Crippen LogP contribution >= 0.6 is 8.45 Å². The summed E-state index contributed by atoms with van der Waals surface area (Å²) in [5.41, 5.74) is 0. The normalized spacial score (nSPS) is 25.5. The smallest absolute Gasteiger partial charge is 0.187 e. The van der Waals surface area contributed by atoms with Gasteiger partial charge in [-0.2, -0.15) is 0 Å². The highest BCUT2D eigenvalue weighted by Gasteiger charge is 2.23. The number of rotatable bonds is 1. The summed E-state index contributed by atoms with van der Waals surface area (Å²) in [5, 5.41) is 0. The van der Waals surface area contributed by atoms with Gasteiger partial charge in [-0.15, -0.1) is 0 Å². The van der Waals surface area contributed by atoms with E-state index in [9.17, 15) is 0 Å². The highest BCUT2D eigenvalue weighted by Crippen LogP contribution is 2.44. The summed E-state index contributed by atoms with van der Waals surface area (Å²) < 4.78 is 9.89. The van der Waals surface area contributed by atoms with Gasteiger partial charge in [-0.05, 0) is 20.5 Å². The third kappa shape index (κ3) is 1.67. The molecule has 0 aliphatic carbocycles. The fourth-order valence-corrected chi connectivity index (χ4v) is 2.94. The molecule has 1 aliphatic heterocycles. The Balaban J connectivity index is 2.45. The van der Waals surface area contributed by atoms with Gasteiger partial charge in [0, 0.05) is 20.2 Å². The highest BCUT2D eigenvalue weighted by molar-refractivity contribution is 7.47. The number of nitrogens with zero attached hydrogens (tertiary/aromatic N) is 2. The second kappa shape index (κ2) is 3.63. The second-order valence-corrected chi connectivity index (χ2v) is 4.79. The van der Waals surface area contributed by atoms with Crippen molar-refractivity contribution >= 4 is 8.45 Å². The van der Waals surface area contributed by atoms with E-state index in [0.29, 0.717) is 0 Å². The van der Waals surface area contributed by atoms with Crippen LogP contribution < -0.4 is 0 Å². The Hall–Kier alpha value is 0.310. The van der Waals surface area contributed by atoms with Gasteiger partial charge in [-0.25, -0.2) is 0 Å². The van der Waals surface area contributed by atoms with Gasteiger partial charge in [0.05, 0.1) is 0 Å². The van der Waals surface area contributed by atoms with Crippen LogP contribution in [0.5, 0.6) is 0 Å². The number of hydrogen-bond acceptors (Lipinski definition) is 3. The van der Waals surface area contributed by atoms with E-state index in [2.05, 4.69) is 23.4 Å². The standard InChI is InChI=1S/C6H15N2OP/c1-7-5-4-6-8(2)10(7)9-3/h4-6H2,1-3H3. The van der Waals surface area contributed by atoms with Crippen LogP contribution in [0.4, 0.5) is 0 Å². The molecule has 1 saturated heterocycles. The Morgan fingerprint density at radius 1 is 1.20 bits per heavy atom. The minimum absolute atomic E-state index is 0.425. The Bertz CT molecular complexity index is 102. The van der Waals surface area contributed by atoms with E-state index >= 15 is 0 Å². The van der Waals surface area contributed by atoms with Crippen LogP contribution in [0.25, 0.3) is 0 Å². The topological polar surface area (TPSA) is 15.7 Å². The zero-order valence-corrected chi connectivity index (χ0v) is 7.77. The molecule has 1 aliphatic rings. The Kier molecular flexibility index (Phi) is 3.05. The molecule has 0 aromatic carbocycles. The van der Waals surface area contributed by atoms with E-state index in [0.717, 1.165) is 0 Å². The Morgan fingerprint density at radius 2 is 1.70 bits per heavy atom. The lowest BCUT2D eigenvalue weighted by atomic mass is 10.4. The maximum Gasteiger partial charge on any atom is 0.187 e. The van der Waals surface area contributed by atoms with Crippen molar-refractivity contribution in [3.05, 3.63) is 0 Å². The molecule has 0 spiro atoms. The Labute approximate surface area is 63.9 Å². The molecule has 0 saturated carbocycles. The summed E-state index contributed by atoms with van der Waals surface area (Å²) in [6.07, 6.45) is 1.26. The first-order valence-corrected chi connectivity index (χ1v) is 4.68. The molecule has 0 radical (unpaired) electrons. The van der Waals surface area contributed by atoms with Gasteiger partial charge in [-0.1, -0.05) is 0 Å². The molecule has 0 amide bonds. The molecule has 3 nitrogen and oxygen atoms in total. The van der Waals surface area contributed by atoms with Gasteiger partial charge in [-0.3, -0.25) is 9.34 Å². The predicted octanol–water partition coefficient (Wildman–Crippen LogP) is 1.13. The maximum atomic E-state index is 5.33. The first-order chi connectivity index (χ1) is 4.75. The summed E-state index contributed by atoms with van der Waals surface area (Å²) in [7, 11) is 5.59. The maximum absolute atomic E-state index is 5.33. The summed E-state index contributed by atoms with van der Waals surface area (Å²) >= 11 is 0. The molecular formula is C6H15N2OP. The molecule has 4 heteroatoms. The van der Waals surface area contributed by atoms with E-state index in [1.54, 1.807) is 7.11 Å². The van der Waals surface area contributed by atoms with Crippen molar-refractivity contribution in [3.63, 3.8) is 0 Å². The lowest BCUT2D eigenvalue weighted by Gasteiger charge is -2.37. The Morgan fingerprint density at radius 3 is 2.00 bits per heavy atom. The largest absolute Gasteiger partial charge is 0.335 e. The molecule has 1 heterocycles. The van der Waals surface area contributed by atoms with Crippen molar-refractivity contribution in [3.8, 4) is 0 Å². The average Bonchev–Trinajstić information content (AvgIpc) is 1.88. The van der Waals surface area contributed by atoms with Crippen LogP contribution in [-0.4, -0.2) is 43.6 Å². The molecule has 0 aromatic heterocycles. The van der Waals surface area contributed by atoms with Gasteiger partial charge in [0.2, 0.25) is 0 Å². The zero-order chi connectivity index (χ0) is 7.56. The zero-order valence-electron chi connectivity index (χ0n) is 6.87. The van der Waals surface area contributed by atoms with Gasteiger partial charge in [0.1, 0.15) is 0 Å². The average molecular weight is 162 g/mol. The summed E-state index contributed by atoms with van der Waals surface area (Å²) in [4.78, 5) is 0. The van der Waals surface area contributed by atoms with Gasteiger partial charge >= 0.3 is 0 Å². The molecule has 10 heavy (non-hydrogen) atoms. The van der Waals surface area contributed by atoms with Crippen LogP contribution in [0.1, 0.15) is 6.42 Å². The van der Waals surface area contributed by atoms with Crippen molar-refractivity contribution in [2.45, 2.75) is 6.42 Å². The van der Waals surface area contributed by atoms with Crippen LogP contribution in [0.15, 0.2) is 0 Å². The van der Waals surface area contributed by atoms with Gasteiger partial charge < -0.3 is 4.52 Å². The second-order valence-electron chi connectivity index (χ2n) is 2.55. The van der Waals surface area contributed by atoms with Crippen LogP contribution in [0.3, 0.4) is 0 Å². The third-order valence-corrected chi connectivity index (χ3v) is 3.61. The molecule has 0 N–H and O–H groups in total. The summed E-state index contributed by atoms with van der Waals surface area (Å²) in [6, 6.07) is 0. The fraction of sp³-hybridized carbons (Fsp3) is 1.00. The third-order valence-electron chi connectivity index (χ3n) is 1.71. The van der Waals surface area contributed by atoms with E-state index in [1.165, 1.54) is 19.5 Å². The van der Waals surface area contributed by atoms with Crippen molar-refractivity contribution in [1.29, 1.82) is 0 Å². The molecule has 60 valence electrons. The predicted molar refractivity (Wildman–Crippen MR) is 43.8 cm³/mol. The van der Waals surface area contributed by atoms with Crippen LogP contribution in [0, 0.1) is 0 Å². The first kappa shape index (κ1) is 8.41. The molecule has 0 aromatic rings. The van der Waals surface area contributed by atoms with Crippen molar-refractivity contribution in [2.24, 2.45) is 0 Å². The van der Waals surface area contributed by atoms with Crippen LogP contribution in [0.2, 0.25) is 0 Å². The molecular weight excluding hydrogens is 147 g/mol. The van der Waals surface area contributed by atoms with Crippen molar-refractivity contribution in [2.75, 3.05) is 34.3 Å². The van der Waals surface area contributed by atoms with Crippen molar-refractivity contribution < 1.29 is 4.52 Å². The number of hydrogen-bond donors (Lipinski definition) is 0. The SMILES string of the molecule is COP1N(C)CCCN1C. The van der Waals surface area contributed by atoms with Crippen molar-refractivity contribution in [1.82, 2.24) is 9.34 Å². The summed E-state index contributed by atoms with van der Waals surface area (Å²) in [5.74, 6) is 0. The monoisotopic (exact) mass is 162 g/mol. The van der Waals surface area contributed by atoms with E-state index in [4.69, 9.17) is 4.52 Å². The molecule has 1 rings (SSSR count). The van der Waals surface area contributed by atoms with E-state index < -0.39 is 8.45 Å². The minimum atomic E-state index is -0.425. The lowest BCUT2D eigenvalue weighted by molar-refractivity contribution is 0.294. The van der Waals surface area contributed by atoms with Crippen LogP contribution in [-0.2, 0) is 4.52 Å². The molecule has 0 bridgehead atoms. The lowest BCUT2D eigenvalue weighted by Crippen LogP contribution is -2.32. The first-order valence-electron chi connectivity index (χ1n) is 3.52. The van der Waals surface area contributed by atoms with Gasteiger partial charge in [0.25, 0.3) is 0 Å². The minimum Gasteiger partial charge on any atom is -0.335 e.